The zero-order valence-corrected chi connectivity index (χ0v) is 15.5. The van der Waals surface area contributed by atoms with Gasteiger partial charge in [0.15, 0.2) is 0 Å². The molecule has 1 aliphatic heterocycles. The normalized spacial score (nSPS) is 16.2. The van der Waals surface area contributed by atoms with Gasteiger partial charge in [0.25, 0.3) is 0 Å². The molecule has 1 unspecified atom stereocenters. The fraction of sp³-hybridized carbons (Fsp3) is 0.471. The van der Waals surface area contributed by atoms with Crippen molar-refractivity contribution in [1.29, 1.82) is 0 Å². The minimum Gasteiger partial charge on any atom is -0.496 e. The topological polar surface area (TPSA) is 103 Å². The third-order valence-corrected chi connectivity index (χ3v) is 4.94. The first kappa shape index (κ1) is 17.7. The molecule has 2 aromatic heterocycles. The van der Waals surface area contributed by atoms with E-state index in [1.54, 1.807) is 7.11 Å². The van der Waals surface area contributed by atoms with Crippen LogP contribution in [0.3, 0.4) is 0 Å². The zero-order valence-electron chi connectivity index (χ0n) is 14.7. The van der Waals surface area contributed by atoms with E-state index in [1.807, 2.05) is 20.0 Å². The maximum atomic E-state index is 6.34. The number of hydrogen-bond donors (Lipinski definition) is 2. The number of aryl methyl sites for hydroxylation is 1. The molecule has 134 valence electrons. The van der Waals surface area contributed by atoms with Crippen LogP contribution in [0.5, 0.6) is 5.75 Å². The van der Waals surface area contributed by atoms with Gasteiger partial charge in [-0.1, -0.05) is 11.6 Å². The lowest BCUT2D eigenvalue weighted by molar-refractivity contribution is 0.406. The van der Waals surface area contributed by atoms with Gasteiger partial charge in [0.1, 0.15) is 16.7 Å². The van der Waals surface area contributed by atoms with Crippen LogP contribution in [-0.2, 0) is 6.54 Å². The molecule has 0 spiro atoms. The standard InChI is InChI=1S/C17H23ClN6O/c1-9-6-21-12(10(2)14(9)25-3)8-24-7-11(4-5-19)13-15(18)22-17(20)23-16(13)24/h6,11H,4-5,7-8,19H2,1-3H3,(H2,20,22,23). The molecule has 0 radical (unpaired) electrons. The quantitative estimate of drug-likeness (QED) is 0.785. The number of fused-ring (bicyclic) bond motifs is 1. The molecule has 0 aliphatic carbocycles. The first-order chi connectivity index (χ1) is 12.0. The van der Waals surface area contributed by atoms with Gasteiger partial charge in [0, 0.05) is 35.3 Å². The highest BCUT2D eigenvalue weighted by molar-refractivity contribution is 6.30. The van der Waals surface area contributed by atoms with Crippen LogP contribution >= 0.6 is 11.6 Å². The van der Waals surface area contributed by atoms with Crippen molar-refractivity contribution in [3.63, 3.8) is 0 Å². The fourth-order valence-electron chi connectivity index (χ4n) is 3.47. The monoisotopic (exact) mass is 362 g/mol. The van der Waals surface area contributed by atoms with E-state index in [-0.39, 0.29) is 11.9 Å². The molecule has 8 heteroatoms. The van der Waals surface area contributed by atoms with Crippen LogP contribution in [0.1, 0.15) is 34.7 Å². The van der Waals surface area contributed by atoms with E-state index in [0.29, 0.717) is 18.2 Å². The van der Waals surface area contributed by atoms with Gasteiger partial charge in [0.2, 0.25) is 5.95 Å². The van der Waals surface area contributed by atoms with Crippen molar-refractivity contribution >= 4 is 23.4 Å². The van der Waals surface area contributed by atoms with Crippen LogP contribution in [-0.4, -0.2) is 35.2 Å². The van der Waals surface area contributed by atoms with E-state index < -0.39 is 0 Å². The summed E-state index contributed by atoms with van der Waals surface area (Å²) in [5.41, 5.74) is 15.5. The zero-order chi connectivity index (χ0) is 18.1. The molecular weight excluding hydrogens is 340 g/mol. The van der Waals surface area contributed by atoms with E-state index in [1.165, 1.54) is 0 Å². The second-order valence-electron chi connectivity index (χ2n) is 6.31. The molecule has 3 heterocycles. The Morgan fingerprint density at radius 1 is 1.36 bits per heavy atom. The van der Waals surface area contributed by atoms with Crippen molar-refractivity contribution in [3.8, 4) is 5.75 Å². The van der Waals surface area contributed by atoms with E-state index in [4.69, 9.17) is 27.8 Å². The predicted octanol–water partition coefficient (Wildman–Crippen LogP) is 2.19. The highest BCUT2D eigenvalue weighted by Gasteiger charge is 2.33. The Kier molecular flexibility index (Phi) is 4.96. The third kappa shape index (κ3) is 3.21. The van der Waals surface area contributed by atoms with Gasteiger partial charge in [-0.3, -0.25) is 4.98 Å². The lowest BCUT2D eigenvalue weighted by Crippen LogP contribution is -2.24. The number of methoxy groups -OCH3 is 1. The molecule has 3 rings (SSSR count). The van der Waals surface area contributed by atoms with E-state index in [0.717, 1.165) is 46.9 Å². The summed E-state index contributed by atoms with van der Waals surface area (Å²) in [5, 5.41) is 0.412. The van der Waals surface area contributed by atoms with E-state index >= 15 is 0 Å². The highest BCUT2D eigenvalue weighted by Crippen LogP contribution is 2.41. The molecule has 1 aliphatic rings. The maximum Gasteiger partial charge on any atom is 0.223 e. The molecule has 1 atom stereocenters. The number of pyridine rings is 1. The molecule has 0 bridgehead atoms. The van der Waals surface area contributed by atoms with Gasteiger partial charge in [0.05, 0.1) is 19.3 Å². The first-order valence-electron chi connectivity index (χ1n) is 8.23. The van der Waals surface area contributed by atoms with Gasteiger partial charge >= 0.3 is 0 Å². The van der Waals surface area contributed by atoms with Crippen LogP contribution < -0.4 is 21.1 Å². The summed E-state index contributed by atoms with van der Waals surface area (Å²) in [6, 6.07) is 0. The average Bonchev–Trinajstić information content (AvgIpc) is 2.89. The Balaban J connectivity index is 1.98. The number of ether oxygens (including phenoxy) is 1. The summed E-state index contributed by atoms with van der Waals surface area (Å²) in [6.45, 7) is 5.95. The average molecular weight is 363 g/mol. The van der Waals surface area contributed by atoms with Crippen LogP contribution in [0.25, 0.3) is 0 Å². The predicted molar refractivity (Wildman–Crippen MR) is 99.2 cm³/mol. The Hall–Kier alpha value is -2.12. The summed E-state index contributed by atoms with van der Waals surface area (Å²) in [6.07, 6.45) is 2.65. The molecule has 0 aromatic carbocycles. The molecule has 4 N–H and O–H groups in total. The molecule has 25 heavy (non-hydrogen) atoms. The van der Waals surface area contributed by atoms with Crippen LogP contribution in [0.4, 0.5) is 11.8 Å². The van der Waals surface area contributed by atoms with Crippen molar-refractivity contribution in [2.75, 3.05) is 30.8 Å². The summed E-state index contributed by atoms with van der Waals surface area (Å²) < 4.78 is 5.51. The summed E-state index contributed by atoms with van der Waals surface area (Å²) >= 11 is 6.34. The van der Waals surface area contributed by atoms with E-state index in [9.17, 15) is 0 Å². The number of halogens is 1. The molecular formula is C17H23ClN6O. The number of nitrogens with two attached hydrogens (primary N) is 2. The second kappa shape index (κ2) is 7.01. The number of hydrogen-bond acceptors (Lipinski definition) is 7. The number of aromatic nitrogens is 3. The van der Waals surface area contributed by atoms with Gasteiger partial charge in [-0.05, 0) is 26.8 Å². The van der Waals surface area contributed by atoms with Crippen LogP contribution in [0.15, 0.2) is 6.20 Å². The molecule has 7 nitrogen and oxygen atoms in total. The Morgan fingerprint density at radius 2 is 2.12 bits per heavy atom. The first-order valence-corrected chi connectivity index (χ1v) is 8.61. The Labute approximate surface area is 152 Å². The molecule has 0 saturated heterocycles. The molecule has 0 saturated carbocycles. The lowest BCUT2D eigenvalue weighted by Gasteiger charge is -2.21. The maximum absolute atomic E-state index is 6.34. The van der Waals surface area contributed by atoms with Crippen LogP contribution in [0.2, 0.25) is 5.15 Å². The number of nitrogens with zero attached hydrogens (tertiary/aromatic N) is 4. The van der Waals surface area contributed by atoms with Crippen molar-refractivity contribution in [3.05, 3.63) is 33.7 Å². The highest BCUT2D eigenvalue weighted by atomic mass is 35.5. The largest absolute Gasteiger partial charge is 0.496 e. The number of rotatable bonds is 5. The van der Waals surface area contributed by atoms with E-state index in [2.05, 4.69) is 19.9 Å². The van der Waals surface area contributed by atoms with Crippen molar-refractivity contribution in [2.24, 2.45) is 5.73 Å². The minimum atomic E-state index is 0.174. The SMILES string of the molecule is COc1c(C)cnc(CN2CC(CCN)c3c(Cl)nc(N)nc32)c1C. The minimum absolute atomic E-state index is 0.174. The van der Waals surface area contributed by atoms with Gasteiger partial charge in [-0.15, -0.1) is 0 Å². The van der Waals surface area contributed by atoms with Gasteiger partial charge in [-0.2, -0.15) is 4.98 Å². The molecule has 0 fully saturated rings. The van der Waals surface area contributed by atoms with Gasteiger partial charge in [-0.25, -0.2) is 4.98 Å². The Morgan fingerprint density at radius 3 is 2.80 bits per heavy atom. The fourth-order valence-corrected chi connectivity index (χ4v) is 3.80. The lowest BCUT2D eigenvalue weighted by atomic mass is 10.0. The Bertz CT molecular complexity index is 797. The molecule has 0 amide bonds. The van der Waals surface area contributed by atoms with Crippen molar-refractivity contribution in [2.45, 2.75) is 32.7 Å². The van der Waals surface area contributed by atoms with Crippen LogP contribution in [0, 0.1) is 13.8 Å². The van der Waals surface area contributed by atoms with Gasteiger partial charge < -0.3 is 21.1 Å². The van der Waals surface area contributed by atoms with Crippen molar-refractivity contribution < 1.29 is 4.74 Å². The third-order valence-electron chi connectivity index (χ3n) is 4.65. The number of anilines is 2. The summed E-state index contributed by atoms with van der Waals surface area (Å²) in [4.78, 5) is 15.3. The summed E-state index contributed by atoms with van der Waals surface area (Å²) in [7, 11) is 1.68. The summed E-state index contributed by atoms with van der Waals surface area (Å²) in [5.74, 6) is 2.01. The van der Waals surface area contributed by atoms with Crippen molar-refractivity contribution in [1.82, 2.24) is 15.0 Å². The second-order valence-corrected chi connectivity index (χ2v) is 6.67. The number of nitrogen functional groups attached to an aromatic ring is 1. The molecule has 2 aromatic rings. The smallest absolute Gasteiger partial charge is 0.223 e.